The standard InChI is InChI=1S/C15H27NO3/c1-11(17)12-7-9-16(10-8-12)15(18)13-3-5-14(19-2)6-4-13/h11-14,17H,3-10H2,1-2H3/t11?,13-,14-. The van der Waals surface area contributed by atoms with E-state index in [0.717, 1.165) is 51.6 Å². The van der Waals surface area contributed by atoms with Gasteiger partial charge in [-0.2, -0.15) is 0 Å². The number of likely N-dealkylation sites (tertiary alicyclic amines) is 1. The molecule has 0 bridgehead atoms. The molecule has 0 radical (unpaired) electrons. The fraction of sp³-hybridized carbons (Fsp3) is 0.933. The predicted molar refractivity (Wildman–Crippen MR) is 73.7 cm³/mol. The zero-order chi connectivity index (χ0) is 13.8. The van der Waals surface area contributed by atoms with Crippen LogP contribution in [-0.2, 0) is 9.53 Å². The second-order valence-electron chi connectivity index (χ2n) is 6.11. The van der Waals surface area contributed by atoms with Gasteiger partial charge in [0.25, 0.3) is 0 Å². The molecule has 0 aromatic heterocycles. The normalized spacial score (nSPS) is 31.2. The smallest absolute Gasteiger partial charge is 0.225 e. The molecular weight excluding hydrogens is 242 g/mol. The number of aliphatic hydroxyl groups is 1. The summed E-state index contributed by atoms with van der Waals surface area (Å²) in [4.78, 5) is 14.5. The molecule has 1 saturated carbocycles. The maximum atomic E-state index is 12.4. The van der Waals surface area contributed by atoms with Crippen LogP contribution in [0.2, 0.25) is 0 Å². The summed E-state index contributed by atoms with van der Waals surface area (Å²) in [7, 11) is 1.76. The number of hydrogen-bond acceptors (Lipinski definition) is 3. The Labute approximate surface area is 116 Å². The highest BCUT2D eigenvalue weighted by Gasteiger charge is 2.32. The Morgan fingerprint density at radius 1 is 1.16 bits per heavy atom. The lowest BCUT2D eigenvalue weighted by Gasteiger charge is -2.36. The number of ether oxygens (including phenoxy) is 1. The molecule has 2 fully saturated rings. The lowest BCUT2D eigenvalue weighted by atomic mass is 9.85. The van der Waals surface area contributed by atoms with E-state index in [1.165, 1.54) is 0 Å². The van der Waals surface area contributed by atoms with Gasteiger partial charge in [0.15, 0.2) is 0 Å². The summed E-state index contributed by atoms with van der Waals surface area (Å²) in [5.74, 6) is 0.904. The number of nitrogens with zero attached hydrogens (tertiary/aromatic N) is 1. The highest BCUT2D eigenvalue weighted by molar-refractivity contribution is 5.79. The predicted octanol–water partition coefficient (Wildman–Crippen LogP) is 1.81. The average molecular weight is 269 g/mol. The van der Waals surface area contributed by atoms with Crippen molar-refractivity contribution in [3.63, 3.8) is 0 Å². The van der Waals surface area contributed by atoms with Crippen LogP contribution in [0, 0.1) is 11.8 Å². The Morgan fingerprint density at radius 3 is 2.21 bits per heavy atom. The molecule has 1 N–H and O–H groups in total. The fourth-order valence-electron chi connectivity index (χ4n) is 3.41. The van der Waals surface area contributed by atoms with Crippen LogP contribution in [0.4, 0.5) is 0 Å². The maximum Gasteiger partial charge on any atom is 0.225 e. The van der Waals surface area contributed by atoms with Crippen LogP contribution in [0.1, 0.15) is 45.4 Å². The maximum absolute atomic E-state index is 12.4. The van der Waals surface area contributed by atoms with E-state index >= 15 is 0 Å². The first-order valence-electron chi connectivity index (χ1n) is 7.61. The summed E-state index contributed by atoms with van der Waals surface area (Å²) in [5.41, 5.74) is 0. The number of aliphatic hydroxyl groups excluding tert-OH is 1. The van der Waals surface area contributed by atoms with E-state index in [1.54, 1.807) is 7.11 Å². The topological polar surface area (TPSA) is 49.8 Å². The Kier molecular flexibility index (Phi) is 5.22. The van der Waals surface area contributed by atoms with Gasteiger partial charge in [-0.3, -0.25) is 4.79 Å². The van der Waals surface area contributed by atoms with Crippen LogP contribution in [-0.4, -0.2) is 48.3 Å². The minimum absolute atomic E-state index is 0.203. The lowest BCUT2D eigenvalue weighted by Crippen LogP contribution is -2.44. The molecule has 1 amide bonds. The van der Waals surface area contributed by atoms with Gasteiger partial charge in [-0.15, -0.1) is 0 Å². The molecule has 1 unspecified atom stereocenters. The van der Waals surface area contributed by atoms with Crippen molar-refractivity contribution in [3.05, 3.63) is 0 Å². The van der Waals surface area contributed by atoms with E-state index in [2.05, 4.69) is 0 Å². The quantitative estimate of drug-likeness (QED) is 0.850. The summed E-state index contributed by atoms with van der Waals surface area (Å²) in [6.07, 6.45) is 5.95. The van der Waals surface area contributed by atoms with E-state index in [1.807, 2.05) is 11.8 Å². The van der Waals surface area contributed by atoms with Crippen molar-refractivity contribution < 1.29 is 14.6 Å². The number of rotatable bonds is 3. The van der Waals surface area contributed by atoms with Crippen molar-refractivity contribution in [2.75, 3.05) is 20.2 Å². The first-order chi connectivity index (χ1) is 9.11. The van der Waals surface area contributed by atoms with Gasteiger partial charge in [0, 0.05) is 26.1 Å². The number of amides is 1. The minimum atomic E-state index is -0.241. The molecule has 1 aliphatic carbocycles. The van der Waals surface area contributed by atoms with Crippen molar-refractivity contribution in [2.24, 2.45) is 11.8 Å². The van der Waals surface area contributed by atoms with Gasteiger partial charge in [0.1, 0.15) is 0 Å². The highest BCUT2D eigenvalue weighted by Crippen LogP contribution is 2.29. The Morgan fingerprint density at radius 2 is 1.74 bits per heavy atom. The van der Waals surface area contributed by atoms with Crippen LogP contribution in [0.25, 0.3) is 0 Å². The van der Waals surface area contributed by atoms with E-state index in [4.69, 9.17) is 4.74 Å². The van der Waals surface area contributed by atoms with Gasteiger partial charge < -0.3 is 14.7 Å². The monoisotopic (exact) mass is 269 g/mol. The summed E-state index contributed by atoms with van der Waals surface area (Å²) >= 11 is 0. The fourth-order valence-corrected chi connectivity index (χ4v) is 3.41. The Balaban J connectivity index is 1.78. The van der Waals surface area contributed by atoms with Crippen molar-refractivity contribution in [2.45, 2.75) is 57.7 Å². The number of carbonyl (C=O) groups excluding carboxylic acids is 1. The molecule has 110 valence electrons. The lowest BCUT2D eigenvalue weighted by molar-refractivity contribution is -0.139. The zero-order valence-electron chi connectivity index (χ0n) is 12.2. The molecule has 2 aliphatic rings. The van der Waals surface area contributed by atoms with Crippen LogP contribution in [0.3, 0.4) is 0 Å². The van der Waals surface area contributed by atoms with Crippen LogP contribution < -0.4 is 0 Å². The summed E-state index contributed by atoms with van der Waals surface area (Å²) in [5, 5.41) is 9.59. The van der Waals surface area contributed by atoms with E-state index in [-0.39, 0.29) is 12.0 Å². The van der Waals surface area contributed by atoms with E-state index in [0.29, 0.717) is 17.9 Å². The van der Waals surface area contributed by atoms with E-state index in [9.17, 15) is 9.90 Å². The molecule has 1 heterocycles. The molecule has 2 rings (SSSR count). The number of hydrogen-bond donors (Lipinski definition) is 1. The van der Waals surface area contributed by atoms with Gasteiger partial charge in [-0.05, 0) is 51.4 Å². The third-order valence-electron chi connectivity index (χ3n) is 4.89. The van der Waals surface area contributed by atoms with Crippen LogP contribution in [0.5, 0.6) is 0 Å². The molecule has 1 atom stereocenters. The van der Waals surface area contributed by atoms with Crippen molar-refractivity contribution >= 4 is 5.91 Å². The number of piperidine rings is 1. The van der Waals surface area contributed by atoms with Gasteiger partial charge >= 0.3 is 0 Å². The van der Waals surface area contributed by atoms with Crippen molar-refractivity contribution in [1.29, 1.82) is 0 Å². The molecule has 19 heavy (non-hydrogen) atoms. The minimum Gasteiger partial charge on any atom is -0.393 e. The largest absolute Gasteiger partial charge is 0.393 e. The van der Waals surface area contributed by atoms with Crippen LogP contribution >= 0.6 is 0 Å². The van der Waals surface area contributed by atoms with E-state index < -0.39 is 0 Å². The average Bonchev–Trinajstić information content (AvgIpc) is 2.46. The molecular formula is C15H27NO3. The third-order valence-corrected chi connectivity index (χ3v) is 4.89. The highest BCUT2D eigenvalue weighted by atomic mass is 16.5. The van der Waals surface area contributed by atoms with Gasteiger partial charge in [0.05, 0.1) is 12.2 Å². The molecule has 0 aromatic rings. The van der Waals surface area contributed by atoms with Gasteiger partial charge in [0.2, 0.25) is 5.91 Å². The summed E-state index contributed by atoms with van der Waals surface area (Å²) in [6, 6.07) is 0. The first-order valence-corrected chi connectivity index (χ1v) is 7.61. The number of carbonyl (C=O) groups is 1. The second kappa shape index (κ2) is 6.71. The Hall–Kier alpha value is -0.610. The van der Waals surface area contributed by atoms with Gasteiger partial charge in [-0.25, -0.2) is 0 Å². The first kappa shape index (κ1) is 14.8. The number of methoxy groups -OCH3 is 1. The molecule has 4 nitrogen and oxygen atoms in total. The summed E-state index contributed by atoms with van der Waals surface area (Å²) in [6.45, 7) is 3.49. The Bertz CT molecular complexity index is 290. The van der Waals surface area contributed by atoms with Crippen molar-refractivity contribution in [1.82, 2.24) is 4.90 Å². The van der Waals surface area contributed by atoms with Gasteiger partial charge in [-0.1, -0.05) is 0 Å². The third kappa shape index (κ3) is 3.69. The molecule has 1 saturated heterocycles. The molecule has 4 heteroatoms. The molecule has 1 aliphatic heterocycles. The molecule has 0 aromatic carbocycles. The molecule has 0 spiro atoms. The second-order valence-corrected chi connectivity index (χ2v) is 6.11. The van der Waals surface area contributed by atoms with Crippen LogP contribution in [0.15, 0.2) is 0 Å². The van der Waals surface area contributed by atoms with Crippen molar-refractivity contribution in [3.8, 4) is 0 Å². The SMILES string of the molecule is CO[C@H]1CC[C@H](C(=O)N2CCC(C(C)O)CC2)CC1. The zero-order valence-corrected chi connectivity index (χ0v) is 12.2. The summed E-state index contributed by atoms with van der Waals surface area (Å²) < 4.78 is 5.35.